The average Bonchev–Trinajstić information content (AvgIpc) is 2.67. The predicted molar refractivity (Wildman–Crippen MR) is 134 cm³/mol. The smallest absolute Gasteiger partial charge is 0.173 e. The van der Waals surface area contributed by atoms with Crippen molar-refractivity contribution in [2.45, 2.75) is 80.8 Å². The first-order valence-corrected chi connectivity index (χ1v) is 11.8. The highest BCUT2D eigenvalue weighted by Crippen LogP contribution is 2.70. The third kappa shape index (κ3) is 2.37. The molecular formula is C30H38O2. The predicted octanol–water partition coefficient (Wildman–Crippen LogP) is 7.01. The fourth-order valence-corrected chi connectivity index (χ4v) is 7.71. The van der Waals surface area contributed by atoms with E-state index in [4.69, 9.17) is 0 Å². The maximum Gasteiger partial charge on any atom is 0.173 e. The molecule has 0 fully saturated rings. The summed E-state index contributed by atoms with van der Waals surface area (Å²) in [6, 6.07) is 4.46. The Kier molecular flexibility index (Phi) is 4.79. The van der Waals surface area contributed by atoms with Gasteiger partial charge in [0.2, 0.25) is 0 Å². The van der Waals surface area contributed by atoms with Gasteiger partial charge in [0.1, 0.15) is 0 Å². The normalized spacial score (nSPS) is 36.7. The van der Waals surface area contributed by atoms with E-state index in [-0.39, 0.29) is 11.7 Å². The van der Waals surface area contributed by atoms with Gasteiger partial charge in [0, 0.05) is 16.4 Å². The highest BCUT2D eigenvalue weighted by atomic mass is 16.3. The molecule has 0 aliphatic heterocycles. The Hall–Kier alpha value is -2.19. The summed E-state index contributed by atoms with van der Waals surface area (Å²) < 4.78 is 0. The van der Waals surface area contributed by atoms with Crippen LogP contribution >= 0.6 is 0 Å². The van der Waals surface area contributed by atoms with Gasteiger partial charge in [-0.15, -0.1) is 0 Å². The van der Waals surface area contributed by atoms with Crippen molar-refractivity contribution in [2.75, 3.05) is 0 Å². The summed E-state index contributed by atoms with van der Waals surface area (Å²) in [5.74, 6) is 0.194. The zero-order valence-corrected chi connectivity index (χ0v) is 21.3. The minimum absolute atomic E-state index is 0.0919. The highest BCUT2D eigenvalue weighted by molar-refractivity contribution is 6.08. The molecule has 3 aliphatic carbocycles. The average molecular weight is 431 g/mol. The number of Topliss-reactive ketones (excluding diaryl/α,β-unsaturated/α-hetero) is 1. The molecule has 3 aliphatic rings. The lowest BCUT2D eigenvalue weighted by Crippen LogP contribution is -2.64. The van der Waals surface area contributed by atoms with Gasteiger partial charge in [0.15, 0.2) is 5.78 Å². The molecule has 1 aromatic rings. The maximum atomic E-state index is 14.1. The standard InChI is InChI=1S/C30H38O2/c1-15(2)23-18(5)14-28(9)27(32)29(10)20(7)22-13-16(3)12-17(4)24(22)19(6)25(29)21(8)30(28,11)26(23)31/h12-13,20,27,32H,1,6,14H2,2-5,7-11H3/t20-,27+,28+,29+,30+/m1/s1. The first-order chi connectivity index (χ1) is 14.7. The van der Waals surface area contributed by atoms with Crippen molar-refractivity contribution < 1.29 is 9.90 Å². The Morgan fingerprint density at radius 3 is 2.28 bits per heavy atom. The van der Waals surface area contributed by atoms with Crippen LogP contribution in [0.3, 0.4) is 0 Å². The van der Waals surface area contributed by atoms with Crippen molar-refractivity contribution in [2.24, 2.45) is 16.2 Å². The van der Waals surface area contributed by atoms with Crippen molar-refractivity contribution in [3.63, 3.8) is 0 Å². The molecule has 0 saturated carbocycles. The van der Waals surface area contributed by atoms with E-state index in [1.165, 1.54) is 22.3 Å². The number of ketones is 1. The molecule has 2 nitrogen and oxygen atoms in total. The second-order valence-corrected chi connectivity index (χ2v) is 11.4. The van der Waals surface area contributed by atoms with Gasteiger partial charge in [0.25, 0.3) is 0 Å². The number of aliphatic hydroxyl groups excluding tert-OH is 1. The van der Waals surface area contributed by atoms with Crippen LogP contribution in [-0.2, 0) is 4.79 Å². The lowest BCUT2D eigenvalue weighted by Gasteiger charge is -2.64. The van der Waals surface area contributed by atoms with Gasteiger partial charge in [0.05, 0.1) is 11.5 Å². The van der Waals surface area contributed by atoms with E-state index in [9.17, 15) is 9.90 Å². The lowest BCUT2D eigenvalue weighted by molar-refractivity contribution is -0.151. The Morgan fingerprint density at radius 2 is 1.72 bits per heavy atom. The molecule has 1 N–H and O–H groups in total. The Bertz CT molecular complexity index is 1180. The second-order valence-electron chi connectivity index (χ2n) is 11.4. The van der Waals surface area contributed by atoms with Gasteiger partial charge in [-0.1, -0.05) is 62.8 Å². The third-order valence-corrected chi connectivity index (χ3v) is 9.62. The van der Waals surface area contributed by atoms with E-state index in [2.05, 4.69) is 66.8 Å². The Balaban J connectivity index is 2.12. The second kappa shape index (κ2) is 6.67. The van der Waals surface area contributed by atoms with E-state index in [1.807, 2.05) is 20.8 Å². The van der Waals surface area contributed by atoms with Crippen molar-refractivity contribution in [1.29, 1.82) is 0 Å². The van der Waals surface area contributed by atoms with E-state index in [0.29, 0.717) is 6.42 Å². The third-order valence-electron chi connectivity index (χ3n) is 9.62. The summed E-state index contributed by atoms with van der Waals surface area (Å²) in [7, 11) is 0. The zero-order valence-electron chi connectivity index (χ0n) is 21.3. The number of rotatable bonds is 1. The van der Waals surface area contributed by atoms with Crippen LogP contribution in [-0.4, -0.2) is 17.0 Å². The summed E-state index contributed by atoms with van der Waals surface area (Å²) in [5, 5.41) is 12.2. The number of aliphatic hydroxyl groups is 1. The van der Waals surface area contributed by atoms with Crippen LogP contribution in [0.2, 0.25) is 0 Å². The largest absolute Gasteiger partial charge is 0.392 e. The van der Waals surface area contributed by atoms with Crippen LogP contribution in [0.25, 0.3) is 5.57 Å². The van der Waals surface area contributed by atoms with E-state index in [0.717, 1.165) is 33.4 Å². The van der Waals surface area contributed by atoms with Gasteiger partial charge >= 0.3 is 0 Å². The van der Waals surface area contributed by atoms with Crippen molar-refractivity contribution in [1.82, 2.24) is 0 Å². The van der Waals surface area contributed by atoms with Gasteiger partial charge in [-0.25, -0.2) is 0 Å². The first kappa shape index (κ1) is 23.0. The number of hydrogen-bond donors (Lipinski definition) is 1. The molecule has 4 rings (SSSR count). The number of fused-ring (bicyclic) bond motifs is 3. The molecule has 1 aromatic carbocycles. The number of carbonyl (C=O) groups is 1. The van der Waals surface area contributed by atoms with Crippen molar-refractivity contribution >= 4 is 11.4 Å². The van der Waals surface area contributed by atoms with E-state index >= 15 is 0 Å². The zero-order chi connectivity index (χ0) is 24.1. The highest BCUT2D eigenvalue weighted by Gasteiger charge is 2.68. The summed E-state index contributed by atoms with van der Waals surface area (Å²) >= 11 is 0. The van der Waals surface area contributed by atoms with E-state index < -0.39 is 22.3 Å². The van der Waals surface area contributed by atoms with Gasteiger partial charge in [-0.2, -0.15) is 0 Å². The fraction of sp³-hybridized carbons (Fsp3) is 0.500. The SMILES string of the molecule is C=C(C)C1=C(C)C[C@@]2(C)[C@H](O)[C@]3(C)C(=C(C)[C@@]2(C)C1=O)C(=C)c1c(C)cc(C)cc1[C@H]3C. The topological polar surface area (TPSA) is 37.3 Å². The summed E-state index contributed by atoms with van der Waals surface area (Å²) in [5.41, 5.74) is 8.64. The summed E-state index contributed by atoms with van der Waals surface area (Å²) in [6.45, 7) is 27.6. The van der Waals surface area contributed by atoms with Crippen LogP contribution in [0.1, 0.15) is 83.1 Å². The minimum atomic E-state index is -0.812. The fourth-order valence-electron chi connectivity index (χ4n) is 7.71. The molecule has 5 atom stereocenters. The molecule has 0 radical (unpaired) electrons. The van der Waals surface area contributed by atoms with Crippen LogP contribution in [0, 0.1) is 30.1 Å². The van der Waals surface area contributed by atoms with Gasteiger partial charge in [-0.05, 0) is 87.3 Å². The number of benzene rings is 1. The number of hydrogen-bond acceptors (Lipinski definition) is 2. The Morgan fingerprint density at radius 1 is 1.12 bits per heavy atom. The molecule has 0 unspecified atom stereocenters. The molecular weight excluding hydrogens is 392 g/mol. The molecule has 2 heteroatoms. The van der Waals surface area contributed by atoms with Crippen LogP contribution < -0.4 is 0 Å². The quantitative estimate of drug-likeness (QED) is 0.520. The Labute approximate surface area is 193 Å². The monoisotopic (exact) mass is 430 g/mol. The number of aryl methyl sites for hydroxylation is 2. The lowest BCUT2D eigenvalue weighted by atomic mass is 9.39. The van der Waals surface area contributed by atoms with Gasteiger partial charge < -0.3 is 5.11 Å². The molecule has 0 bridgehead atoms. The number of carbonyl (C=O) groups excluding carboxylic acids is 1. The maximum absolute atomic E-state index is 14.1. The van der Waals surface area contributed by atoms with Crippen molar-refractivity contribution in [3.05, 3.63) is 75.4 Å². The first-order valence-electron chi connectivity index (χ1n) is 11.8. The molecule has 0 heterocycles. The van der Waals surface area contributed by atoms with E-state index in [1.54, 1.807) is 0 Å². The molecule has 0 spiro atoms. The minimum Gasteiger partial charge on any atom is -0.392 e. The summed E-state index contributed by atoms with van der Waals surface area (Å²) in [6.07, 6.45) is -0.0115. The summed E-state index contributed by atoms with van der Waals surface area (Å²) in [4.78, 5) is 14.1. The molecule has 32 heavy (non-hydrogen) atoms. The molecule has 0 saturated heterocycles. The van der Waals surface area contributed by atoms with Crippen LogP contribution in [0.4, 0.5) is 0 Å². The van der Waals surface area contributed by atoms with Gasteiger partial charge in [-0.3, -0.25) is 4.79 Å². The number of allylic oxidation sites excluding steroid dienone is 5. The molecule has 170 valence electrons. The molecule has 0 aromatic heterocycles. The molecule has 0 amide bonds. The van der Waals surface area contributed by atoms with Crippen LogP contribution in [0.5, 0.6) is 0 Å². The van der Waals surface area contributed by atoms with Crippen LogP contribution in [0.15, 0.2) is 53.2 Å². The van der Waals surface area contributed by atoms with Crippen molar-refractivity contribution in [3.8, 4) is 0 Å².